The van der Waals surface area contributed by atoms with Crippen molar-refractivity contribution in [1.82, 2.24) is 0 Å². The first-order chi connectivity index (χ1) is 16.0. The van der Waals surface area contributed by atoms with Crippen molar-refractivity contribution in [1.29, 1.82) is 0 Å². The van der Waals surface area contributed by atoms with Crippen LogP contribution < -0.4 is 0 Å². The highest BCUT2D eigenvalue weighted by molar-refractivity contribution is 5.79. The summed E-state index contributed by atoms with van der Waals surface area (Å²) in [5, 5.41) is 22.2. The Balaban J connectivity index is 1.63. The minimum atomic E-state index is -0.269. The van der Waals surface area contributed by atoms with Crippen molar-refractivity contribution in [2.75, 3.05) is 20.8 Å². The van der Waals surface area contributed by atoms with Crippen LogP contribution in [0.2, 0.25) is 0 Å². The van der Waals surface area contributed by atoms with Crippen LogP contribution in [0.4, 0.5) is 0 Å². The Hall–Kier alpha value is -2.37. The average molecular weight is 450 g/mol. The van der Waals surface area contributed by atoms with E-state index in [4.69, 9.17) is 14.7 Å². The number of fused-ring (bicyclic) bond motifs is 5. The smallest absolute Gasteiger partial charge is 0.115 e. The third-order valence-corrected chi connectivity index (χ3v) is 9.35. The van der Waals surface area contributed by atoms with Gasteiger partial charge in [-0.2, -0.15) is 0 Å². The molecule has 0 aromatic heterocycles. The highest BCUT2D eigenvalue weighted by Crippen LogP contribution is 2.68. The fourth-order valence-corrected chi connectivity index (χ4v) is 7.86. The summed E-state index contributed by atoms with van der Waals surface area (Å²) in [5.41, 5.74) is 4.64. The van der Waals surface area contributed by atoms with Gasteiger partial charge in [-0.1, -0.05) is 42.4 Å². The Kier molecular flexibility index (Phi) is 5.74. The van der Waals surface area contributed by atoms with E-state index in [2.05, 4.69) is 30.3 Å². The highest BCUT2D eigenvalue weighted by Gasteiger charge is 2.64. The number of aromatic hydroxyl groups is 1. The summed E-state index contributed by atoms with van der Waals surface area (Å²) in [6.07, 6.45) is 6.85. The molecule has 3 aliphatic carbocycles. The van der Waals surface area contributed by atoms with E-state index in [1.165, 1.54) is 29.3 Å². The number of phenols is 1. The third-order valence-electron chi connectivity index (χ3n) is 9.35. The van der Waals surface area contributed by atoms with E-state index in [1.807, 2.05) is 31.4 Å². The lowest BCUT2D eigenvalue weighted by Crippen LogP contribution is -2.55. The molecule has 5 nitrogen and oxygen atoms in total. The maximum atomic E-state index is 10.1. The summed E-state index contributed by atoms with van der Waals surface area (Å²) in [6, 6.07) is 14.4. The normalized spacial score (nSPS) is 35.2. The second-order valence-electron chi connectivity index (χ2n) is 10.5. The van der Waals surface area contributed by atoms with Gasteiger partial charge >= 0.3 is 0 Å². The lowest BCUT2D eigenvalue weighted by atomic mass is 9.49. The van der Waals surface area contributed by atoms with Gasteiger partial charge in [0.25, 0.3) is 0 Å². The molecule has 0 amide bonds. The van der Waals surface area contributed by atoms with Gasteiger partial charge in [-0.15, -0.1) is 0 Å². The highest BCUT2D eigenvalue weighted by atomic mass is 16.5. The number of aryl methyl sites for hydroxylation is 1. The Morgan fingerprint density at radius 1 is 1.12 bits per heavy atom. The van der Waals surface area contributed by atoms with Crippen molar-refractivity contribution in [2.24, 2.45) is 22.4 Å². The SMILES string of the molecule is COC[C@]1(OC)CC[C@H]2[C@@H]3CCc4cc(O)ccc4C3[C@@H](c3ccc(/C=N/O)cc3)C[C@@]21C. The molecule has 0 spiro atoms. The summed E-state index contributed by atoms with van der Waals surface area (Å²) in [6.45, 7) is 3.06. The Labute approximate surface area is 196 Å². The molecule has 2 fully saturated rings. The van der Waals surface area contributed by atoms with E-state index in [0.29, 0.717) is 36.0 Å². The topological polar surface area (TPSA) is 71.3 Å². The molecule has 176 valence electrons. The maximum Gasteiger partial charge on any atom is 0.115 e. The molecule has 2 aromatic carbocycles. The molecule has 2 N–H and O–H groups in total. The standard InChI is InChI=1S/C28H35NO4/c1-27-15-24(19-6-4-18(5-7-19)16-29-31)26-22-11-9-21(30)14-20(22)8-10-23(26)25(27)12-13-28(27,33-3)17-32-2/h4-7,9,11,14,16,23-26,30-31H,8,10,12-13,15,17H2,1-3H3/b29-16+/t23-,24+,25-,26?,27-,28+/m0/s1. The van der Waals surface area contributed by atoms with Crippen LogP contribution >= 0.6 is 0 Å². The van der Waals surface area contributed by atoms with Crippen LogP contribution in [0.1, 0.15) is 66.7 Å². The molecular formula is C28H35NO4. The summed E-state index contributed by atoms with van der Waals surface area (Å²) < 4.78 is 12.0. The van der Waals surface area contributed by atoms with Crippen molar-refractivity contribution in [3.05, 3.63) is 64.7 Å². The molecule has 0 heterocycles. The minimum absolute atomic E-state index is 0.0171. The molecule has 33 heavy (non-hydrogen) atoms. The molecule has 0 radical (unpaired) electrons. The number of hydrogen-bond acceptors (Lipinski definition) is 5. The van der Waals surface area contributed by atoms with Crippen molar-refractivity contribution in [3.63, 3.8) is 0 Å². The van der Waals surface area contributed by atoms with Gasteiger partial charge in [0.2, 0.25) is 0 Å². The maximum absolute atomic E-state index is 10.1. The Bertz CT molecular complexity index is 1030. The molecule has 0 saturated heterocycles. The van der Waals surface area contributed by atoms with Crippen LogP contribution in [-0.4, -0.2) is 43.0 Å². The number of oxime groups is 1. The largest absolute Gasteiger partial charge is 0.508 e. The van der Waals surface area contributed by atoms with Crippen LogP contribution in [0.3, 0.4) is 0 Å². The van der Waals surface area contributed by atoms with Crippen molar-refractivity contribution in [3.8, 4) is 5.75 Å². The molecular weight excluding hydrogens is 414 g/mol. The number of hydrogen-bond donors (Lipinski definition) is 2. The predicted octanol–water partition coefficient (Wildman–Crippen LogP) is 5.48. The fourth-order valence-electron chi connectivity index (χ4n) is 7.86. The lowest BCUT2D eigenvalue weighted by molar-refractivity contribution is -0.158. The van der Waals surface area contributed by atoms with Gasteiger partial charge in [0, 0.05) is 19.6 Å². The van der Waals surface area contributed by atoms with Crippen LogP contribution in [0.5, 0.6) is 5.75 Å². The Morgan fingerprint density at radius 2 is 1.91 bits per heavy atom. The zero-order chi connectivity index (χ0) is 23.2. The van der Waals surface area contributed by atoms with Crippen LogP contribution in [-0.2, 0) is 15.9 Å². The minimum Gasteiger partial charge on any atom is -0.508 e. The molecule has 2 saturated carbocycles. The Morgan fingerprint density at radius 3 is 2.61 bits per heavy atom. The number of rotatable bonds is 5. The van der Waals surface area contributed by atoms with Crippen LogP contribution in [0, 0.1) is 17.3 Å². The van der Waals surface area contributed by atoms with Gasteiger partial charge in [-0.05, 0) is 90.2 Å². The summed E-state index contributed by atoms with van der Waals surface area (Å²) in [5.74, 6) is 2.26. The molecule has 2 aromatic rings. The van der Waals surface area contributed by atoms with Crippen molar-refractivity contribution < 1.29 is 19.8 Å². The van der Waals surface area contributed by atoms with Gasteiger partial charge in [-0.3, -0.25) is 0 Å². The second kappa shape index (κ2) is 8.44. The first-order valence-corrected chi connectivity index (χ1v) is 12.1. The molecule has 5 rings (SSSR count). The van der Waals surface area contributed by atoms with E-state index < -0.39 is 0 Å². The molecule has 5 heteroatoms. The van der Waals surface area contributed by atoms with E-state index in [-0.39, 0.29) is 11.0 Å². The van der Waals surface area contributed by atoms with E-state index >= 15 is 0 Å². The summed E-state index contributed by atoms with van der Waals surface area (Å²) >= 11 is 0. The number of methoxy groups -OCH3 is 2. The fraction of sp³-hybridized carbons (Fsp3) is 0.536. The number of ether oxygens (including phenoxy) is 2. The molecule has 0 aliphatic heterocycles. The van der Waals surface area contributed by atoms with Gasteiger partial charge in [-0.25, -0.2) is 0 Å². The van der Waals surface area contributed by atoms with E-state index in [0.717, 1.165) is 31.2 Å². The average Bonchev–Trinajstić information content (AvgIpc) is 3.11. The second-order valence-corrected chi connectivity index (χ2v) is 10.5. The lowest BCUT2D eigenvalue weighted by Gasteiger charge is -2.57. The van der Waals surface area contributed by atoms with Gasteiger partial charge in [0.05, 0.1) is 18.4 Å². The predicted molar refractivity (Wildman–Crippen MR) is 128 cm³/mol. The molecule has 6 atom stereocenters. The molecule has 3 aliphatic rings. The first-order valence-electron chi connectivity index (χ1n) is 12.1. The van der Waals surface area contributed by atoms with Gasteiger partial charge < -0.3 is 19.8 Å². The summed E-state index contributed by atoms with van der Waals surface area (Å²) in [4.78, 5) is 0. The van der Waals surface area contributed by atoms with Gasteiger partial charge in [0.15, 0.2) is 0 Å². The zero-order valence-electron chi connectivity index (χ0n) is 19.8. The van der Waals surface area contributed by atoms with E-state index in [1.54, 1.807) is 7.11 Å². The quantitative estimate of drug-likeness (QED) is 0.360. The van der Waals surface area contributed by atoms with Crippen molar-refractivity contribution >= 4 is 6.21 Å². The zero-order valence-corrected chi connectivity index (χ0v) is 19.8. The molecule has 0 bridgehead atoms. The van der Waals surface area contributed by atoms with Gasteiger partial charge in [0.1, 0.15) is 5.75 Å². The third kappa shape index (κ3) is 3.39. The van der Waals surface area contributed by atoms with Crippen LogP contribution in [0.15, 0.2) is 47.6 Å². The molecule has 1 unspecified atom stereocenters. The van der Waals surface area contributed by atoms with Crippen molar-refractivity contribution in [2.45, 2.75) is 56.5 Å². The van der Waals surface area contributed by atoms with E-state index in [9.17, 15) is 5.11 Å². The number of phenolic OH excluding ortho intramolecular Hbond substituents is 1. The number of benzene rings is 2. The summed E-state index contributed by atoms with van der Waals surface area (Å²) in [7, 11) is 3.64. The number of nitrogens with zero attached hydrogens (tertiary/aromatic N) is 1. The first kappa shape index (κ1) is 22.4. The van der Waals surface area contributed by atoms with Crippen LogP contribution in [0.25, 0.3) is 0 Å². The monoisotopic (exact) mass is 449 g/mol.